The first-order chi connectivity index (χ1) is 10.7. The number of carboxylic acids is 1. The lowest BCUT2D eigenvalue weighted by Crippen LogP contribution is -2.54. The Morgan fingerprint density at radius 3 is 2.78 bits per heavy atom. The number of morpholine rings is 1. The van der Waals surface area contributed by atoms with Crippen molar-refractivity contribution < 1.29 is 33.0 Å². The van der Waals surface area contributed by atoms with E-state index in [0.717, 1.165) is 6.26 Å². The van der Waals surface area contributed by atoms with Gasteiger partial charge in [-0.3, -0.25) is 4.79 Å². The van der Waals surface area contributed by atoms with Crippen LogP contribution in [-0.4, -0.2) is 62.1 Å². The molecule has 0 unspecified atom stereocenters. The number of carbonyl (C=O) groups excluding carboxylic acids is 1. The molecule has 0 spiro atoms. The molecule has 2 N–H and O–H groups in total. The van der Waals surface area contributed by atoms with Gasteiger partial charge in [-0.25, -0.2) is 13.2 Å². The van der Waals surface area contributed by atoms with Crippen LogP contribution in [-0.2, 0) is 29.9 Å². The van der Waals surface area contributed by atoms with Crippen LogP contribution in [0.25, 0.3) is 0 Å². The number of nitrogens with zero attached hydrogens (tertiary/aromatic N) is 1. The Balaban J connectivity index is 2.25. The summed E-state index contributed by atoms with van der Waals surface area (Å²) in [6.45, 7) is 0.251. The summed E-state index contributed by atoms with van der Waals surface area (Å²) in [7, 11) is -3.22. The Bertz CT molecular complexity index is 716. The second kappa shape index (κ2) is 6.65. The van der Waals surface area contributed by atoms with Gasteiger partial charge in [0.1, 0.15) is 0 Å². The average Bonchev–Trinajstić information content (AvgIpc) is 2.45. The normalized spacial score (nSPS) is 20.3. The minimum Gasteiger partial charge on any atom is -0.479 e. The molecular formula is C14H17NO7S. The predicted molar refractivity (Wildman–Crippen MR) is 80.7 cm³/mol. The minimum atomic E-state index is -3.22. The molecule has 1 aliphatic rings. The summed E-state index contributed by atoms with van der Waals surface area (Å²) in [6.07, 6.45) is -2.33. The van der Waals surface area contributed by atoms with Crippen LogP contribution in [0, 0.1) is 0 Å². The number of hydrogen-bond acceptors (Lipinski definition) is 6. The summed E-state index contributed by atoms with van der Waals surface area (Å²) >= 11 is 0. The lowest BCUT2D eigenvalue weighted by Gasteiger charge is -2.33. The Morgan fingerprint density at radius 1 is 1.48 bits per heavy atom. The van der Waals surface area contributed by atoms with E-state index in [0.29, 0.717) is 11.3 Å². The molecule has 1 amide bonds. The van der Waals surface area contributed by atoms with Gasteiger partial charge in [-0.1, -0.05) is 12.1 Å². The molecule has 0 bridgehead atoms. The molecule has 0 aromatic heterocycles. The summed E-state index contributed by atoms with van der Waals surface area (Å²) in [5.41, 5.74) is 0.946. The summed E-state index contributed by atoms with van der Waals surface area (Å²) in [4.78, 5) is 24.4. The number of carbonyl (C=O) groups is 2. The third-order valence-corrected chi connectivity index (χ3v) is 4.17. The Hall–Kier alpha value is -1.97. The summed E-state index contributed by atoms with van der Waals surface area (Å²) < 4.78 is 27.8. The van der Waals surface area contributed by atoms with Crippen LogP contribution in [0.5, 0.6) is 0 Å². The van der Waals surface area contributed by atoms with E-state index in [9.17, 15) is 23.1 Å². The van der Waals surface area contributed by atoms with Crippen molar-refractivity contribution >= 4 is 27.4 Å². The number of sulfone groups is 1. The maximum absolute atomic E-state index is 12.3. The van der Waals surface area contributed by atoms with Gasteiger partial charge >= 0.3 is 5.97 Å². The number of anilines is 1. The Morgan fingerprint density at radius 2 is 2.17 bits per heavy atom. The number of hydrogen-bond donors (Lipinski definition) is 2. The number of aliphatic hydroxyl groups excluding tert-OH is 1. The highest BCUT2D eigenvalue weighted by Gasteiger charge is 2.39. The topological polar surface area (TPSA) is 121 Å². The number of amides is 1. The van der Waals surface area contributed by atoms with E-state index >= 15 is 0 Å². The zero-order valence-corrected chi connectivity index (χ0v) is 13.2. The van der Waals surface area contributed by atoms with Crippen LogP contribution < -0.4 is 4.90 Å². The molecule has 9 heteroatoms. The molecule has 2 atom stereocenters. The van der Waals surface area contributed by atoms with Crippen molar-refractivity contribution in [3.05, 3.63) is 29.8 Å². The largest absolute Gasteiger partial charge is 0.479 e. The Labute approximate surface area is 133 Å². The first kappa shape index (κ1) is 17.4. The average molecular weight is 343 g/mol. The number of aliphatic carboxylic acids is 1. The second-order valence-electron chi connectivity index (χ2n) is 5.30. The molecule has 1 aliphatic heterocycles. The molecule has 1 aromatic carbocycles. The van der Waals surface area contributed by atoms with Crippen molar-refractivity contribution in [2.24, 2.45) is 0 Å². The number of aliphatic hydroxyl groups is 1. The van der Waals surface area contributed by atoms with Gasteiger partial charge in [0, 0.05) is 18.5 Å². The molecule has 8 nitrogen and oxygen atoms in total. The molecule has 1 saturated heterocycles. The van der Waals surface area contributed by atoms with E-state index in [4.69, 9.17) is 9.84 Å². The molecule has 0 aliphatic carbocycles. The van der Waals surface area contributed by atoms with Gasteiger partial charge in [-0.15, -0.1) is 0 Å². The molecule has 0 radical (unpaired) electrons. The Kier molecular flexibility index (Phi) is 5.03. The van der Waals surface area contributed by atoms with E-state index in [2.05, 4.69) is 0 Å². The fraction of sp³-hybridized carbons (Fsp3) is 0.429. The van der Waals surface area contributed by atoms with Crippen LogP contribution in [0.15, 0.2) is 24.3 Å². The highest BCUT2D eigenvalue weighted by molar-refractivity contribution is 7.89. The fourth-order valence-corrected chi connectivity index (χ4v) is 3.12. The van der Waals surface area contributed by atoms with Gasteiger partial charge in [0.2, 0.25) is 0 Å². The van der Waals surface area contributed by atoms with Gasteiger partial charge < -0.3 is 19.8 Å². The van der Waals surface area contributed by atoms with E-state index in [1.54, 1.807) is 24.3 Å². The van der Waals surface area contributed by atoms with Crippen LogP contribution in [0.2, 0.25) is 0 Å². The van der Waals surface area contributed by atoms with E-state index in [1.165, 1.54) is 4.90 Å². The number of carboxylic acid groups (broad SMARTS) is 1. The zero-order chi connectivity index (χ0) is 17.2. The molecule has 2 rings (SSSR count). The van der Waals surface area contributed by atoms with Gasteiger partial charge in [0.05, 0.1) is 12.4 Å². The summed E-state index contributed by atoms with van der Waals surface area (Å²) in [6, 6.07) is 6.40. The maximum atomic E-state index is 12.3. The number of benzene rings is 1. The standard InChI is InChI=1S/C14H17NO7S/c1-23(20,21)8-9-3-2-4-10(7-9)15-5-6-22-12(13(15)17)11(16)14(18)19/h2-4,7,11-12,16H,5-6,8H2,1H3,(H,18,19)/t11-,12-/m1/s1. The third-order valence-electron chi connectivity index (χ3n) is 3.31. The van der Waals surface area contributed by atoms with E-state index < -0.39 is 33.9 Å². The van der Waals surface area contributed by atoms with E-state index in [-0.39, 0.29) is 18.9 Å². The molecule has 23 heavy (non-hydrogen) atoms. The first-order valence-electron chi connectivity index (χ1n) is 6.79. The number of rotatable bonds is 5. The van der Waals surface area contributed by atoms with Crippen molar-refractivity contribution in [3.63, 3.8) is 0 Å². The quantitative estimate of drug-likeness (QED) is 0.733. The van der Waals surface area contributed by atoms with Crippen LogP contribution in [0.3, 0.4) is 0 Å². The maximum Gasteiger partial charge on any atom is 0.335 e. The lowest BCUT2D eigenvalue weighted by atomic mass is 10.1. The highest BCUT2D eigenvalue weighted by Crippen LogP contribution is 2.22. The van der Waals surface area contributed by atoms with Gasteiger partial charge in [-0.2, -0.15) is 0 Å². The van der Waals surface area contributed by atoms with Crippen molar-refractivity contribution in [2.45, 2.75) is 18.0 Å². The van der Waals surface area contributed by atoms with Gasteiger partial charge in [-0.05, 0) is 17.7 Å². The van der Waals surface area contributed by atoms with Gasteiger partial charge in [0.25, 0.3) is 5.91 Å². The molecule has 126 valence electrons. The van der Waals surface area contributed by atoms with Crippen LogP contribution >= 0.6 is 0 Å². The van der Waals surface area contributed by atoms with Crippen molar-refractivity contribution in [3.8, 4) is 0 Å². The van der Waals surface area contributed by atoms with Crippen molar-refractivity contribution in [1.82, 2.24) is 0 Å². The fourth-order valence-electron chi connectivity index (χ4n) is 2.33. The minimum absolute atomic E-state index is 0.0665. The summed E-state index contributed by atoms with van der Waals surface area (Å²) in [5.74, 6) is -2.39. The van der Waals surface area contributed by atoms with Crippen molar-refractivity contribution in [2.75, 3.05) is 24.3 Å². The molecule has 0 saturated carbocycles. The zero-order valence-electron chi connectivity index (χ0n) is 12.4. The second-order valence-corrected chi connectivity index (χ2v) is 7.44. The van der Waals surface area contributed by atoms with Gasteiger partial charge in [0.15, 0.2) is 22.0 Å². The smallest absolute Gasteiger partial charge is 0.335 e. The highest BCUT2D eigenvalue weighted by atomic mass is 32.2. The monoisotopic (exact) mass is 343 g/mol. The van der Waals surface area contributed by atoms with Crippen LogP contribution in [0.4, 0.5) is 5.69 Å². The molecule has 1 fully saturated rings. The SMILES string of the molecule is CS(=O)(=O)Cc1cccc(N2CCO[C@H]([C@@H](O)C(=O)O)C2=O)c1. The summed E-state index contributed by atoms with van der Waals surface area (Å²) in [5, 5.41) is 18.4. The predicted octanol–water partition coefficient (Wildman–Crippen LogP) is -0.591. The first-order valence-corrected chi connectivity index (χ1v) is 8.85. The third kappa shape index (κ3) is 4.27. The van der Waals surface area contributed by atoms with E-state index in [1.807, 2.05) is 0 Å². The van der Waals surface area contributed by atoms with Crippen LogP contribution in [0.1, 0.15) is 5.56 Å². The molecule has 1 aromatic rings. The number of ether oxygens (including phenoxy) is 1. The lowest BCUT2D eigenvalue weighted by molar-refractivity contribution is -0.163. The molecular weight excluding hydrogens is 326 g/mol. The van der Waals surface area contributed by atoms with Crippen molar-refractivity contribution in [1.29, 1.82) is 0 Å². The molecule has 1 heterocycles.